The maximum Gasteiger partial charge on any atom is 0.228 e. The van der Waals surface area contributed by atoms with Crippen molar-refractivity contribution in [1.82, 2.24) is 14.9 Å². The third kappa shape index (κ3) is 4.07. The molecule has 1 aliphatic heterocycles. The second kappa shape index (κ2) is 8.14. The molecule has 2 aliphatic rings. The predicted octanol–water partition coefficient (Wildman–Crippen LogP) is 3.70. The molecule has 2 aromatic heterocycles. The van der Waals surface area contributed by atoms with Gasteiger partial charge in [0, 0.05) is 42.1 Å². The molecular formula is C23H24N4O2S. The van der Waals surface area contributed by atoms with Crippen LogP contribution in [0.1, 0.15) is 18.4 Å². The molecule has 3 aromatic rings. The van der Waals surface area contributed by atoms with E-state index in [9.17, 15) is 9.59 Å². The molecule has 7 heteroatoms. The normalized spacial score (nSPS) is 16.6. The minimum atomic E-state index is 0.0457. The third-order valence-corrected chi connectivity index (χ3v) is 6.65. The Morgan fingerprint density at radius 2 is 1.90 bits per heavy atom. The van der Waals surface area contributed by atoms with Gasteiger partial charge in [-0.15, -0.1) is 0 Å². The fourth-order valence-corrected chi connectivity index (χ4v) is 4.72. The number of aromatic nitrogens is 2. The number of hydrogen-bond acceptors (Lipinski definition) is 4. The molecule has 1 aliphatic carbocycles. The molecule has 2 amide bonds. The number of anilines is 1. The van der Waals surface area contributed by atoms with Gasteiger partial charge in [0.2, 0.25) is 11.8 Å². The van der Waals surface area contributed by atoms with Gasteiger partial charge in [-0.25, -0.2) is 4.98 Å². The van der Waals surface area contributed by atoms with E-state index in [0.717, 1.165) is 65.2 Å². The summed E-state index contributed by atoms with van der Waals surface area (Å²) < 4.78 is 0. The molecule has 6 nitrogen and oxygen atoms in total. The number of hydrogen-bond donors (Lipinski definition) is 2. The third-order valence-electron chi connectivity index (χ3n) is 5.71. The Morgan fingerprint density at radius 1 is 1.13 bits per heavy atom. The van der Waals surface area contributed by atoms with Crippen molar-refractivity contribution in [3.63, 3.8) is 0 Å². The number of rotatable bonds is 5. The minimum Gasteiger partial charge on any atom is -0.346 e. The molecule has 0 atom stereocenters. The van der Waals surface area contributed by atoms with Gasteiger partial charge < -0.3 is 15.2 Å². The van der Waals surface area contributed by atoms with E-state index in [2.05, 4.69) is 15.3 Å². The Balaban J connectivity index is 1.37. The van der Waals surface area contributed by atoms with Crippen LogP contribution in [0.3, 0.4) is 0 Å². The molecule has 2 fully saturated rings. The number of nitrogens with zero attached hydrogens (tertiary/aromatic N) is 2. The first-order valence-corrected chi connectivity index (χ1v) is 11.6. The number of nitrogens with one attached hydrogen (secondary N) is 2. The van der Waals surface area contributed by atoms with Gasteiger partial charge in [0.15, 0.2) is 0 Å². The van der Waals surface area contributed by atoms with Crippen LogP contribution in [0, 0.1) is 5.92 Å². The molecule has 5 rings (SSSR count). The molecular weight excluding hydrogens is 396 g/mol. The van der Waals surface area contributed by atoms with Crippen molar-refractivity contribution in [2.75, 3.05) is 29.9 Å². The Morgan fingerprint density at radius 3 is 2.63 bits per heavy atom. The smallest absolute Gasteiger partial charge is 0.228 e. The number of carbonyl (C=O) groups is 2. The molecule has 2 N–H and O–H groups in total. The Hall–Kier alpha value is -2.80. The van der Waals surface area contributed by atoms with Crippen LogP contribution in [-0.2, 0) is 16.0 Å². The second-order valence-electron chi connectivity index (χ2n) is 7.93. The van der Waals surface area contributed by atoms with Gasteiger partial charge >= 0.3 is 0 Å². The largest absolute Gasteiger partial charge is 0.346 e. The van der Waals surface area contributed by atoms with Crippen LogP contribution in [0.5, 0.6) is 0 Å². The van der Waals surface area contributed by atoms with Crippen molar-refractivity contribution < 1.29 is 9.59 Å². The standard InChI is InChI=1S/C23H24N4O2S/c28-21(27-9-11-30-12-10-27)13-15-1-3-16(4-2-15)19-14-20(26-23(29)17-5-6-17)25-22-18(19)7-8-24-22/h1-4,7-8,14,17H,5-6,9-13H2,(H2,24,25,26,29). The van der Waals surface area contributed by atoms with Crippen molar-refractivity contribution in [3.05, 3.63) is 48.2 Å². The first kappa shape index (κ1) is 19.2. The van der Waals surface area contributed by atoms with Crippen molar-refractivity contribution in [2.45, 2.75) is 19.3 Å². The summed E-state index contributed by atoms with van der Waals surface area (Å²) in [6.07, 6.45) is 4.21. The van der Waals surface area contributed by atoms with Gasteiger partial charge in [-0.1, -0.05) is 24.3 Å². The summed E-state index contributed by atoms with van der Waals surface area (Å²) in [5.74, 6) is 3.00. The van der Waals surface area contributed by atoms with E-state index < -0.39 is 0 Å². The fraction of sp³-hybridized carbons (Fsp3) is 0.348. The summed E-state index contributed by atoms with van der Waals surface area (Å²) >= 11 is 1.91. The first-order valence-electron chi connectivity index (χ1n) is 10.4. The molecule has 0 bridgehead atoms. The Kier molecular flexibility index (Phi) is 5.21. The number of carbonyl (C=O) groups excluding carboxylic acids is 2. The summed E-state index contributed by atoms with van der Waals surface area (Å²) in [5, 5.41) is 3.96. The van der Waals surface area contributed by atoms with Crippen molar-refractivity contribution >= 4 is 40.4 Å². The van der Waals surface area contributed by atoms with Gasteiger partial charge in [-0.05, 0) is 41.7 Å². The maximum atomic E-state index is 12.5. The lowest BCUT2D eigenvalue weighted by atomic mass is 10.0. The molecule has 0 spiro atoms. The number of amides is 2. The lowest BCUT2D eigenvalue weighted by Crippen LogP contribution is -2.38. The lowest BCUT2D eigenvalue weighted by Gasteiger charge is -2.26. The molecule has 1 aromatic carbocycles. The molecule has 30 heavy (non-hydrogen) atoms. The summed E-state index contributed by atoms with van der Waals surface area (Å²) in [6.45, 7) is 1.69. The highest BCUT2D eigenvalue weighted by Gasteiger charge is 2.30. The van der Waals surface area contributed by atoms with Crippen LogP contribution in [0.2, 0.25) is 0 Å². The average Bonchev–Trinajstić information content (AvgIpc) is 3.52. The van der Waals surface area contributed by atoms with Crippen molar-refractivity contribution in [1.29, 1.82) is 0 Å². The molecule has 1 saturated carbocycles. The van der Waals surface area contributed by atoms with E-state index in [4.69, 9.17) is 0 Å². The number of aromatic amines is 1. The zero-order valence-electron chi connectivity index (χ0n) is 16.7. The highest BCUT2D eigenvalue weighted by Crippen LogP contribution is 2.33. The van der Waals surface area contributed by atoms with E-state index in [1.165, 1.54) is 0 Å². The quantitative estimate of drug-likeness (QED) is 0.660. The topological polar surface area (TPSA) is 78.1 Å². The fourth-order valence-electron chi connectivity index (χ4n) is 3.82. The van der Waals surface area contributed by atoms with Crippen LogP contribution in [0.25, 0.3) is 22.2 Å². The Bertz CT molecular complexity index is 1080. The number of H-pyrrole nitrogens is 1. The van der Waals surface area contributed by atoms with E-state index >= 15 is 0 Å². The first-order chi connectivity index (χ1) is 14.7. The summed E-state index contributed by atoms with van der Waals surface area (Å²) in [6, 6.07) is 12.1. The van der Waals surface area contributed by atoms with E-state index in [-0.39, 0.29) is 17.7 Å². The minimum absolute atomic E-state index is 0.0457. The summed E-state index contributed by atoms with van der Waals surface area (Å²) in [7, 11) is 0. The maximum absolute atomic E-state index is 12.5. The molecule has 154 valence electrons. The molecule has 0 radical (unpaired) electrons. The Labute approximate surface area is 179 Å². The summed E-state index contributed by atoms with van der Waals surface area (Å²) in [4.78, 5) is 34.4. The average molecular weight is 421 g/mol. The van der Waals surface area contributed by atoms with Crippen LogP contribution in [0.15, 0.2) is 42.6 Å². The SMILES string of the molecule is O=C(Nc1cc(-c2ccc(CC(=O)N3CCSCC3)cc2)c2cc[nH]c2n1)C1CC1. The number of pyridine rings is 1. The number of benzene rings is 1. The van der Waals surface area contributed by atoms with Crippen LogP contribution in [0.4, 0.5) is 5.82 Å². The molecule has 3 heterocycles. The zero-order chi connectivity index (χ0) is 20.5. The number of thioether (sulfide) groups is 1. The lowest BCUT2D eigenvalue weighted by molar-refractivity contribution is -0.130. The van der Waals surface area contributed by atoms with E-state index in [0.29, 0.717) is 12.2 Å². The van der Waals surface area contributed by atoms with Crippen LogP contribution < -0.4 is 5.32 Å². The molecule has 0 unspecified atom stereocenters. The van der Waals surface area contributed by atoms with Crippen LogP contribution in [-0.4, -0.2) is 51.3 Å². The van der Waals surface area contributed by atoms with Gasteiger partial charge in [-0.3, -0.25) is 9.59 Å². The monoisotopic (exact) mass is 420 g/mol. The van der Waals surface area contributed by atoms with Gasteiger partial charge in [-0.2, -0.15) is 11.8 Å². The van der Waals surface area contributed by atoms with Crippen LogP contribution >= 0.6 is 11.8 Å². The van der Waals surface area contributed by atoms with E-state index in [1.807, 2.05) is 59.3 Å². The zero-order valence-corrected chi connectivity index (χ0v) is 17.5. The van der Waals surface area contributed by atoms with Crippen molar-refractivity contribution in [2.24, 2.45) is 5.92 Å². The van der Waals surface area contributed by atoms with Gasteiger partial charge in [0.05, 0.1) is 6.42 Å². The van der Waals surface area contributed by atoms with Crippen molar-refractivity contribution in [3.8, 4) is 11.1 Å². The summed E-state index contributed by atoms with van der Waals surface area (Å²) in [5.41, 5.74) is 3.82. The van der Waals surface area contributed by atoms with E-state index in [1.54, 1.807) is 0 Å². The van der Waals surface area contributed by atoms with Gasteiger partial charge in [0.25, 0.3) is 0 Å². The highest BCUT2D eigenvalue weighted by atomic mass is 32.2. The molecule has 1 saturated heterocycles. The predicted molar refractivity (Wildman–Crippen MR) is 120 cm³/mol. The highest BCUT2D eigenvalue weighted by molar-refractivity contribution is 7.99. The van der Waals surface area contributed by atoms with Gasteiger partial charge in [0.1, 0.15) is 11.5 Å². The number of fused-ring (bicyclic) bond motifs is 1. The second-order valence-corrected chi connectivity index (χ2v) is 9.15.